The number of pyridine rings is 1. The van der Waals surface area contributed by atoms with Crippen LogP contribution in [0.3, 0.4) is 0 Å². The molecule has 5 rings (SSSR count). The van der Waals surface area contributed by atoms with Crippen LogP contribution in [0, 0.1) is 11.7 Å². The quantitative estimate of drug-likeness (QED) is 0.349. The van der Waals surface area contributed by atoms with Crippen molar-refractivity contribution in [2.24, 2.45) is 5.92 Å². The van der Waals surface area contributed by atoms with Gasteiger partial charge in [-0.05, 0) is 80.8 Å². The van der Waals surface area contributed by atoms with Gasteiger partial charge in [-0.3, -0.25) is 14.4 Å². The Morgan fingerprint density at radius 2 is 1.68 bits per heavy atom. The number of carbonyl (C=O) groups excluding carboxylic acids is 2. The van der Waals surface area contributed by atoms with Crippen molar-refractivity contribution in [3.63, 3.8) is 0 Å². The van der Waals surface area contributed by atoms with Crippen molar-refractivity contribution >= 4 is 34.3 Å². The Bertz CT molecular complexity index is 1490. The number of amides is 2. The first kappa shape index (κ1) is 27.9. The maximum absolute atomic E-state index is 14.1. The fourth-order valence-corrected chi connectivity index (χ4v) is 5.24. The molecule has 40 heavy (non-hydrogen) atoms. The van der Waals surface area contributed by atoms with Gasteiger partial charge in [0, 0.05) is 35.8 Å². The van der Waals surface area contributed by atoms with Crippen LogP contribution in [0.25, 0.3) is 10.9 Å². The number of nitrogens with zero attached hydrogens (tertiary/aromatic N) is 1. The van der Waals surface area contributed by atoms with E-state index in [1.807, 2.05) is 4.57 Å². The van der Waals surface area contributed by atoms with Crippen LogP contribution in [0.5, 0.6) is 5.75 Å². The SMILES string of the molecule is O=C(NC[C@H]1CC[C@H](NC(=O)c2cn(C3CC3)c3cc(Cl)c(F)cc3c2=O)CC1)c1ccc(OC(F)(F)F)cc1. The zero-order valence-corrected chi connectivity index (χ0v) is 21.9. The fraction of sp³-hybridized carbons (Fsp3) is 0.393. The van der Waals surface area contributed by atoms with Crippen molar-refractivity contribution in [1.82, 2.24) is 15.2 Å². The van der Waals surface area contributed by atoms with Crippen LogP contribution in [-0.4, -0.2) is 35.3 Å². The Balaban J connectivity index is 1.16. The van der Waals surface area contributed by atoms with Gasteiger partial charge in [0.05, 0.1) is 10.5 Å². The zero-order valence-electron chi connectivity index (χ0n) is 21.2. The van der Waals surface area contributed by atoms with Gasteiger partial charge in [-0.25, -0.2) is 4.39 Å². The van der Waals surface area contributed by atoms with Crippen molar-refractivity contribution < 1.29 is 31.9 Å². The molecule has 2 aliphatic carbocycles. The van der Waals surface area contributed by atoms with Crippen molar-refractivity contribution in [2.75, 3.05) is 6.54 Å². The molecule has 0 unspecified atom stereocenters. The molecule has 2 N–H and O–H groups in total. The molecule has 2 saturated carbocycles. The van der Waals surface area contributed by atoms with Crippen molar-refractivity contribution in [1.29, 1.82) is 0 Å². The summed E-state index contributed by atoms with van der Waals surface area (Å²) >= 11 is 5.94. The summed E-state index contributed by atoms with van der Waals surface area (Å²) in [6, 6.07) is 7.16. The van der Waals surface area contributed by atoms with Crippen LogP contribution >= 0.6 is 11.6 Å². The molecule has 3 aromatic rings. The molecular weight excluding hydrogens is 554 g/mol. The molecule has 212 valence electrons. The number of carbonyl (C=O) groups is 2. The molecule has 1 aromatic heterocycles. The van der Waals surface area contributed by atoms with Gasteiger partial charge < -0.3 is 19.9 Å². The molecule has 7 nitrogen and oxygen atoms in total. The second kappa shape index (κ2) is 11.1. The fourth-order valence-electron chi connectivity index (χ4n) is 5.08. The lowest BCUT2D eigenvalue weighted by atomic mass is 9.86. The van der Waals surface area contributed by atoms with Gasteiger partial charge in [-0.15, -0.1) is 13.2 Å². The monoisotopic (exact) mass is 579 g/mol. The number of nitrogens with one attached hydrogen (secondary N) is 2. The van der Waals surface area contributed by atoms with Crippen molar-refractivity contribution in [3.8, 4) is 5.75 Å². The third-order valence-corrected chi connectivity index (χ3v) is 7.63. The van der Waals surface area contributed by atoms with Crippen LogP contribution in [0.2, 0.25) is 5.02 Å². The zero-order chi connectivity index (χ0) is 28.6. The van der Waals surface area contributed by atoms with Crippen molar-refractivity contribution in [2.45, 2.75) is 57.0 Å². The molecule has 0 saturated heterocycles. The highest BCUT2D eigenvalue weighted by molar-refractivity contribution is 6.31. The first-order chi connectivity index (χ1) is 19.0. The third-order valence-electron chi connectivity index (χ3n) is 7.34. The smallest absolute Gasteiger partial charge is 0.406 e. The standard InChI is InChI=1S/C28H26ClF4N3O4/c29-22-12-24-20(11-23(22)30)25(37)21(14-36(24)18-7-8-18)27(39)35-17-5-1-15(2-6-17)13-34-26(38)16-3-9-19(10-4-16)40-28(31,32)33/h3-4,9-12,14-15,17-18H,1-2,5-8,13H2,(H,34,38)(H,35,39)/t15-,17-. The normalized spacial score (nSPS) is 19.3. The van der Waals surface area contributed by atoms with Gasteiger partial charge >= 0.3 is 6.36 Å². The predicted molar refractivity (Wildman–Crippen MR) is 140 cm³/mol. The van der Waals surface area contributed by atoms with Gasteiger partial charge in [0.15, 0.2) is 0 Å². The number of hydrogen-bond donors (Lipinski definition) is 2. The number of hydrogen-bond acceptors (Lipinski definition) is 4. The lowest BCUT2D eigenvalue weighted by Crippen LogP contribution is -2.41. The highest BCUT2D eigenvalue weighted by atomic mass is 35.5. The molecule has 0 radical (unpaired) electrons. The Morgan fingerprint density at radius 3 is 2.30 bits per heavy atom. The predicted octanol–water partition coefficient (Wildman–Crippen LogP) is 5.75. The summed E-state index contributed by atoms with van der Waals surface area (Å²) in [5, 5.41) is 5.77. The summed E-state index contributed by atoms with van der Waals surface area (Å²) in [5.74, 6) is -1.88. The van der Waals surface area contributed by atoms with E-state index in [9.17, 15) is 31.9 Å². The number of halogens is 5. The average Bonchev–Trinajstić information content (AvgIpc) is 3.74. The summed E-state index contributed by atoms with van der Waals surface area (Å²) in [6.07, 6.45) is 1.25. The second-order valence-corrected chi connectivity index (χ2v) is 10.7. The van der Waals surface area contributed by atoms with Gasteiger partial charge in [0.25, 0.3) is 11.8 Å². The maximum atomic E-state index is 14.1. The van der Waals surface area contributed by atoms with E-state index in [0.717, 1.165) is 43.9 Å². The maximum Gasteiger partial charge on any atom is 0.573 e. The third kappa shape index (κ3) is 6.41. The average molecular weight is 580 g/mol. The van der Waals surface area contributed by atoms with Crippen LogP contribution in [-0.2, 0) is 0 Å². The van der Waals surface area contributed by atoms with E-state index < -0.39 is 35.2 Å². The Hall–Kier alpha value is -3.60. The highest BCUT2D eigenvalue weighted by Gasteiger charge is 2.31. The minimum absolute atomic E-state index is 0.0397. The van der Waals surface area contributed by atoms with E-state index in [-0.39, 0.29) is 39.5 Å². The van der Waals surface area contributed by atoms with Gasteiger partial charge in [-0.2, -0.15) is 0 Å². The summed E-state index contributed by atoms with van der Waals surface area (Å²) in [5.41, 5.74) is 0.130. The molecule has 2 fully saturated rings. The number of ether oxygens (including phenoxy) is 1. The molecular formula is C28H26ClF4N3O4. The van der Waals surface area contributed by atoms with Crippen LogP contribution < -0.4 is 20.8 Å². The molecule has 2 amide bonds. The summed E-state index contributed by atoms with van der Waals surface area (Å²) in [7, 11) is 0. The molecule has 0 bridgehead atoms. The Morgan fingerprint density at radius 1 is 1.00 bits per heavy atom. The number of rotatable bonds is 7. The number of alkyl halides is 3. The summed E-state index contributed by atoms with van der Waals surface area (Å²) < 4.78 is 56.7. The molecule has 1 heterocycles. The molecule has 0 atom stereocenters. The van der Waals surface area contributed by atoms with Crippen LogP contribution in [0.15, 0.2) is 47.4 Å². The Labute approximate surface area is 231 Å². The first-order valence-corrected chi connectivity index (χ1v) is 13.3. The number of benzene rings is 2. The van der Waals surface area contributed by atoms with Crippen LogP contribution in [0.1, 0.15) is 65.3 Å². The van der Waals surface area contributed by atoms with E-state index in [1.54, 1.807) is 0 Å². The minimum Gasteiger partial charge on any atom is -0.406 e. The Kier molecular flexibility index (Phi) is 7.76. The van der Waals surface area contributed by atoms with Crippen molar-refractivity contribution in [3.05, 3.63) is 74.8 Å². The van der Waals surface area contributed by atoms with E-state index in [4.69, 9.17) is 11.6 Å². The topological polar surface area (TPSA) is 89.4 Å². The first-order valence-electron chi connectivity index (χ1n) is 13.0. The van der Waals surface area contributed by atoms with Gasteiger partial charge in [-0.1, -0.05) is 11.6 Å². The van der Waals surface area contributed by atoms with E-state index in [2.05, 4.69) is 15.4 Å². The van der Waals surface area contributed by atoms with E-state index >= 15 is 0 Å². The minimum atomic E-state index is -4.80. The highest BCUT2D eigenvalue weighted by Crippen LogP contribution is 2.37. The largest absolute Gasteiger partial charge is 0.573 e. The summed E-state index contributed by atoms with van der Waals surface area (Å²) in [6.45, 7) is 0.380. The molecule has 12 heteroatoms. The lowest BCUT2D eigenvalue weighted by molar-refractivity contribution is -0.274. The lowest BCUT2D eigenvalue weighted by Gasteiger charge is -2.29. The van der Waals surface area contributed by atoms with E-state index in [1.165, 1.54) is 24.4 Å². The molecule has 0 spiro atoms. The number of aromatic nitrogens is 1. The second-order valence-electron chi connectivity index (χ2n) is 10.3. The van der Waals surface area contributed by atoms with Gasteiger partial charge in [0.2, 0.25) is 5.43 Å². The molecule has 2 aromatic carbocycles. The van der Waals surface area contributed by atoms with Gasteiger partial charge in [0.1, 0.15) is 17.1 Å². The van der Waals surface area contributed by atoms with Crippen LogP contribution in [0.4, 0.5) is 17.6 Å². The molecule has 2 aliphatic rings. The van der Waals surface area contributed by atoms with E-state index in [0.29, 0.717) is 24.9 Å². The molecule has 0 aliphatic heterocycles. The number of fused-ring (bicyclic) bond motifs is 1. The summed E-state index contributed by atoms with van der Waals surface area (Å²) in [4.78, 5) is 38.6.